The highest BCUT2D eigenvalue weighted by atomic mass is 15.1. The Hall–Kier alpha value is -1.32. The molecule has 20 heavy (non-hydrogen) atoms. The highest BCUT2D eigenvalue weighted by Gasteiger charge is 2.30. The van der Waals surface area contributed by atoms with Crippen LogP contribution in [0.1, 0.15) is 71.3 Å². The van der Waals surface area contributed by atoms with Crippen LogP contribution in [0.4, 0.5) is 11.6 Å². The van der Waals surface area contributed by atoms with Crippen LogP contribution in [0.5, 0.6) is 0 Å². The van der Waals surface area contributed by atoms with Gasteiger partial charge in [0.15, 0.2) is 0 Å². The first-order valence-electron chi connectivity index (χ1n) is 7.92. The van der Waals surface area contributed by atoms with Crippen LogP contribution in [0.3, 0.4) is 0 Å². The fraction of sp³-hybridized carbons (Fsp3) is 0.750. The van der Waals surface area contributed by atoms with Crippen molar-refractivity contribution in [2.24, 2.45) is 0 Å². The molecule has 0 radical (unpaired) electrons. The van der Waals surface area contributed by atoms with Gasteiger partial charge in [-0.25, -0.2) is 9.97 Å². The van der Waals surface area contributed by atoms with Crippen molar-refractivity contribution in [3.8, 4) is 0 Å². The summed E-state index contributed by atoms with van der Waals surface area (Å²) in [6.07, 6.45) is 7.85. The van der Waals surface area contributed by atoms with Crippen LogP contribution in [0.25, 0.3) is 0 Å². The zero-order chi connectivity index (χ0) is 14.6. The quantitative estimate of drug-likeness (QED) is 0.819. The van der Waals surface area contributed by atoms with E-state index in [9.17, 15) is 0 Å². The van der Waals surface area contributed by atoms with Gasteiger partial charge >= 0.3 is 0 Å². The van der Waals surface area contributed by atoms with Crippen LogP contribution in [0.2, 0.25) is 0 Å². The summed E-state index contributed by atoms with van der Waals surface area (Å²) in [5.41, 5.74) is 1.41. The summed E-state index contributed by atoms with van der Waals surface area (Å²) >= 11 is 0. The molecule has 1 aromatic heterocycles. The first-order valence-corrected chi connectivity index (χ1v) is 7.92. The van der Waals surface area contributed by atoms with E-state index in [1.165, 1.54) is 31.2 Å². The van der Waals surface area contributed by atoms with E-state index in [0.29, 0.717) is 5.92 Å². The van der Waals surface area contributed by atoms with Crippen molar-refractivity contribution in [2.45, 2.75) is 71.3 Å². The molecule has 0 unspecified atom stereocenters. The third-order valence-electron chi connectivity index (χ3n) is 4.13. The normalized spacial score (nSPS) is 17.4. The molecule has 1 aromatic rings. The number of hydrogen-bond donors (Lipinski definition) is 2. The molecule has 0 aromatic carbocycles. The molecule has 0 saturated heterocycles. The van der Waals surface area contributed by atoms with Crippen molar-refractivity contribution >= 4 is 11.6 Å². The van der Waals surface area contributed by atoms with Crippen LogP contribution in [-0.2, 0) is 0 Å². The lowest BCUT2D eigenvalue weighted by Crippen LogP contribution is -2.32. The Morgan fingerprint density at radius 1 is 1.20 bits per heavy atom. The summed E-state index contributed by atoms with van der Waals surface area (Å²) in [4.78, 5) is 8.95. The Labute approximate surface area is 122 Å². The zero-order valence-electron chi connectivity index (χ0n) is 13.3. The molecule has 0 amide bonds. The lowest BCUT2D eigenvalue weighted by Gasteiger charge is -2.28. The highest BCUT2D eigenvalue weighted by molar-refractivity contribution is 5.60. The minimum atomic E-state index is 0.194. The van der Waals surface area contributed by atoms with Gasteiger partial charge in [0.1, 0.15) is 18.0 Å². The maximum atomic E-state index is 4.52. The zero-order valence-corrected chi connectivity index (χ0v) is 13.3. The molecule has 2 rings (SSSR count). The second-order valence-electron chi connectivity index (χ2n) is 6.46. The molecule has 112 valence electrons. The van der Waals surface area contributed by atoms with Gasteiger partial charge in [-0.05, 0) is 32.1 Å². The number of rotatable bonds is 6. The van der Waals surface area contributed by atoms with Crippen molar-refractivity contribution in [1.82, 2.24) is 9.97 Å². The van der Waals surface area contributed by atoms with E-state index in [2.05, 4.69) is 48.3 Å². The van der Waals surface area contributed by atoms with Crippen LogP contribution in [-0.4, -0.2) is 22.1 Å². The van der Waals surface area contributed by atoms with E-state index in [1.807, 2.05) is 0 Å². The largest absolute Gasteiger partial charge is 0.370 e. The van der Waals surface area contributed by atoms with Gasteiger partial charge in [0.05, 0.1) is 0 Å². The van der Waals surface area contributed by atoms with Gasteiger partial charge in [-0.1, -0.05) is 33.6 Å². The van der Waals surface area contributed by atoms with Gasteiger partial charge in [-0.15, -0.1) is 0 Å². The van der Waals surface area contributed by atoms with Gasteiger partial charge < -0.3 is 10.6 Å². The lowest BCUT2D eigenvalue weighted by atomic mass is 9.98. The van der Waals surface area contributed by atoms with Gasteiger partial charge in [0.2, 0.25) is 0 Å². The minimum absolute atomic E-state index is 0.194. The van der Waals surface area contributed by atoms with Crippen molar-refractivity contribution in [3.05, 3.63) is 11.9 Å². The first-order chi connectivity index (χ1) is 9.56. The van der Waals surface area contributed by atoms with E-state index >= 15 is 0 Å². The molecule has 4 nitrogen and oxygen atoms in total. The predicted molar refractivity (Wildman–Crippen MR) is 85.4 cm³/mol. The third-order valence-corrected chi connectivity index (χ3v) is 4.13. The molecule has 4 heteroatoms. The molecule has 1 heterocycles. The number of nitrogens with one attached hydrogen (secondary N) is 2. The second-order valence-corrected chi connectivity index (χ2v) is 6.46. The Morgan fingerprint density at radius 2 is 1.85 bits per heavy atom. The van der Waals surface area contributed by atoms with Crippen LogP contribution in [0.15, 0.2) is 6.33 Å². The summed E-state index contributed by atoms with van der Waals surface area (Å²) < 4.78 is 0. The number of anilines is 2. The number of nitrogens with zero attached hydrogens (tertiary/aromatic N) is 2. The summed E-state index contributed by atoms with van der Waals surface area (Å²) in [5.74, 6) is 2.40. The molecule has 0 atom stereocenters. The summed E-state index contributed by atoms with van der Waals surface area (Å²) in [6.45, 7) is 9.84. The molecule has 2 N–H and O–H groups in total. The van der Waals surface area contributed by atoms with Crippen molar-refractivity contribution < 1.29 is 0 Å². The standard InChI is InChI=1S/C16H28N4/c1-5-10-17-14-13(12(2)3)15(19-11-18-14)20-16(4)8-6-7-9-16/h11-12H,5-10H2,1-4H3,(H2,17,18,19,20). The maximum Gasteiger partial charge on any atom is 0.135 e. The van der Waals surface area contributed by atoms with E-state index in [-0.39, 0.29) is 5.54 Å². The average molecular weight is 276 g/mol. The Morgan fingerprint density at radius 3 is 2.45 bits per heavy atom. The monoisotopic (exact) mass is 276 g/mol. The molecule has 0 aliphatic heterocycles. The smallest absolute Gasteiger partial charge is 0.135 e. The van der Waals surface area contributed by atoms with Crippen molar-refractivity contribution in [2.75, 3.05) is 17.2 Å². The number of aromatic nitrogens is 2. The maximum absolute atomic E-state index is 4.52. The van der Waals surface area contributed by atoms with Gasteiger partial charge in [-0.2, -0.15) is 0 Å². The molecule has 1 aliphatic rings. The summed E-state index contributed by atoms with van der Waals surface area (Å²) in [5, 5.41) is 7.12. The first kappa shape index (κ1) is 15.1. The van der Waals surface area contributed by atoms with Gasteiger partial charge in [0, 0.05) is 17.6 Å². The topological polar surface area (TPSA) is 49.8 Å². The molecular weight excluding hydrogens is 248 g/mol. The van der Waals surface area contributed by atoms with Gasteiger partial charge in [0.25, 0.3) is 0 Å². The third kappa shape index (κ3) is 3.41. The van der Waals surface area contributed by atoms with E-state index in [1.54, 1.807) is 6.33 Å². The van der Waals surface area contributed by atoms with Crippen molar-refractivity contribution in [1.29, 1.82) is 0 Å². The van der Waals surface area contributed by atoms with Crippen LogP contribution >= 0.6 is 0 Å². The fourth-order valence-corrected chi connectivity index (χ4v) is 2.99. The Kier molecular flexibility index (Phi) is 4.84. The second kappa shape index (κ2) is 6.42. The van der Waals surface area contributed by atoms with Crippen LogP contribution < -0.4 is 10.6 Å². The Balaban J connectivity index is 2.26. The van der Waals surface area contributed by atoms with Crippen molar-refractivity contribution in [3.63, 3.8) is 0 Å². The molecule has 1 saturated carbocycles. The van der Waals surface area contributed by atoms with E-state index in [4.69, 9.17) is 0 Å². The fourth-order valence-electron chi connectivity index (χ4n) is 2.99. The van der Waals surface area contributed by atoms with Gasteiger partial charge in [-0.3, -0.25) is 0 Å². The SMILES string of the molecule is CCCNc1ncnc(NC2(C)CCCC2)c1C(C)C. The van der Waals surface area contributed by atoms with E-state index in [0.717, 1.165) is 24.6 Å². The summed E-state index contributed by atoms with van der Waals surface area (Å²) in [6, 6.07) is 0. The predicted octanol–water partition coefficient (Wildman–Crippen LogP) is 4.17. The molecule has 1 aliphatic carbocycles. The van der Waals surface area contributed by atoms with E-state index < -0.39 is 0 Å². The highest BCUT2D eigenvalue weighted by Crippen LogP contribution is 2.36. The lowest BCUT2D eigenvalue weighted by molar-refractivity contribution is 0.529. The summed E-state index contributed by atoms with van der Waals surface area (Å²) in [7, 11) is 0. The minimum Gasteiger partial charge on any atom is -0.370 e. The molecule has 0 spiro atoms. The Bertz CT molecular complexity index is 436. The van der Waals surface area contributed by atoms with Crippen LogP contribution in [0, 0.1) is 0 Å². The molecular formula is C16H28N4. The number of hydrogen-bond acceptors (Lipinski definition) is 4. The molecule has 1 fully saturated rings. The molecule has 0 bridgehead atoms. The average Bonchev–Trinajstić information content (AvgIpc) is 2.82.